The molecule has 1 fully saturated rings. The van der Waals surface area contributed by atoms with Crippen LogP contribution in [0.4, 0.5) is 0 Å². The van der Waals surface area contributed by atoms with Crippen LogP contribution in [0, 0.1) is 11.8 Å². The van der Waals surface area contributed by atoms with Gasteiger partial charge in [-0.25, -0.2) is 0 Å². The third-order valence-corrected chi connectivity index (χ3v) is 4.00. The van der Waals surface area contributed by atoms with E-state index in [0.29, 0.717) is 6.04 Å². The lowest BCUT2D eigenvalue weighted by Crippen LogP contribution is -2.42. The summed E-state index contributed by atoms with van der Waals surface area (Å²) in [5.74, 6) is 1.63. The van der Waals surface area contributed by atoms with Gasteiger partial charge >= 0.3 is 0 Å². The Morgan fingerprint density at radius 1 is 1.13 bits per heavy atom. The highest BCUT2D eigenvalue weighted by Gasteiger charge is 2.24. The van der Waals surface area contributed by atoms with Gasteiger partial charge in [-0.3, -0.25) is 0 Å². The van der Waals surface area contributed by atoms with Crippen LogP contribution < -0.4 is 5.32 Å². The van der Waals surface area contributed by atoms with Crippen LogP contribution >= 0.6 is 0 Å². The van der Waals surface area contributed by atoms with Gasteiger partial charge in [0, 0.05) is 12.1 Å². The third-order valence-electron chi connectivity index (χ3n) is 4.00. The average Bonchev–Trinajstić information content (AvgIpc) is 2.29. The lowest BCUT2D eigenvalue weighted by Gasteiger charge is -2.33. The van der Waals surface area contributed by atoms with Crippen LogP contribution in [0.15, 0.2) is 0 Å². The average molecular weight is 213 g/mol. The SMILES string of the molecule is CC(CO)NC(C)C(C)C1CCCCC1. The minimum absolute atomic E-state index is 0.228. The summed E-state index contributed by atoms with van der Waals surface area (Å²) in [5, 5.41) is 12.5. The molecule has 0 heterocycles. The largest absolute Gasteiger partial charge is 0.395 e. The van der Waals surface area contributed by atoms with Gasteiger partial charge in [0.25, 0.3) is 0 Å². The van der Waals surface area contributed by atoms with Crippen LogP contribution in [0.3, 0.4) is 0 Å². The van der Waals surface area contributed by atoms with E-state index in [1.165, 1.54) is 32.1 Å². The Labute approximate surface area is 94.5 Å². The van der Waals surface area contributed by atoms with Crippen molar-refractivity contribution in [2.24, 2.45) is 11.8 Å². The smallest absolute Gasteiger partial charge is 0.0582 e. The molecule has 1 saturated carbocycles. The molecule has 3 unspecified atom stereocenters. The summed E-state index contributed by atoms with van der Waals surface area (Å²) in [6, 6.07) is 0.751. The highest BCUT2D eigenvalue weighted by molar-refractivity contribution is 4.79. The zero-order chi connectivity index (χ0) is 11.3. The molecule has 3 atom stereocenters. The molecule has 0 bridgehead atoms. The molecule has 0 aromatic rings. The number of hydrogen-bond donors (Lipinski definition) is 2. The highest BCUT2D eigenvalue weighted by atomic mass is 16.3. The molecule has 0 aromatic heterocycles. The number of aliphatic hydroxyl groups is 1. The van der Waals surface area contributed by atoms with Crippen LogP contribution in [0.25, 0.3) is 0 Å². The minimum atomic E-state index is 0.228. The van der Waals surface area contributed by atoms with Gasteiger partial charge < -0.3 is 10.4 Å². The third kappa shape index (κ3) is 4.12. The van der Waals surface area contributed by atoms with Gasteiger partial charge in [0.1, 0.15) is 0 Å². The van der Waals surface area contributed by atoms with Gasteiger partial charge in [-0.05, 0) is 25.7 Å². The van der Waals surface area contributed by atoms with Crippen LogP contribution in [-0.4, -0.2) is 23.8 Å². The summed E-state index contributed by atoms with van der Waals surface area (Å²) >= 11 is 0. The summed E-state index contributed by atoms with van der Waals surface area (Å²) in [7, 11) is 0. The number of hydrogen-bond acceptors (Lipinski definition) is 2. The van der Waals surface area contributed by atoms with Crippen LogP contribution in [0.2, 0.25) is 0 Å². The van der Waals surface area contributed by atoms with E-state index in [1.807, 2.05) is 6.92 Å². The highest BCUT2D eigenvalue weighted by Crippen LogP contribution is 2.31. The van der Waals surface area contributed by atoms with Gasteiger partial charge in [0.2, 0.25) is 0 Å². The summed E-state index contributed by atoms with van der Waals surface area (Å²) in [4.78, 5) is 0. The second-order valence-electron chi connectivity index (χ2n) is 5.30. The van der Waals surface area contributed by atoms with Crippen molar-refractivity contribution in [1.29, 1.82) is 0 Å². The first-order chi connectivity index (χ1) is 7.15. The van der Waals surface area contributed by atoms with Gasteiger partial charge in [-0.1, -0.05) is 39.0 Å². The maximum absolute atomic E-state index is 9.01. The van der Waals surface area contributed by atoms with E-state index >= 15 is 0 Å². The molecule has 0 radical (unpaired) electrons. The number of nitrogens with one attached hydrogen (secondary N) is 1. The summed E-state index contributed by atoms with van der Waals surface area (Å²) in [6.45, 7) is 6.90. The molecule has 0 aromatic carbocycles. The molecule has 1 rings (SSSR count). The number of rotatable bonds is 5. The molecule has 0 aliphatic heterocycles. The van der Waals surface area contributed by atoms with Crippen molar-refractivity contribution in [3.05, 3.63) is 0 Å². The van der Waals surface area contributed by atoms with Crippen LogP contribution in [0.5, 0.6) is 0 Å². The van der Waals surface area contributed by atoms with Crippen molar-refractivity contribution >= 4 is 0 Å². The maximum Gasteiger partial charge on any atom is 0.0582 e. The molecular formula is C13H27NO. The van der Waals surface area contributed by atoms with Crippen molar-refractivity contribution in [1.82, 2.24) is 5.32 Å². The van der Waals surface area contributed by atoms with Gasteiger partial charge in [0.05, 0.1) is 6.61 Å². The Bertz CT molecular complexity index is 166. The second-order valence-corrected chi connectivity index (χ2v) is 5.30. The first-order valence-electron chi connectivity index (χ1n) is 6.52. The van der Waals surface area contributed by atoms with Gasteiger partial charge in [0.15, 0.2) is 0 Å². The zero-order valence-corrected chi connectivity index (χ0v) is 10.5. The normalized spacial score (nSPS) is 24.8. The predicted molar refractivity (Wildman–Crippen MR) is 64.9 cm³/mol. The standard InChI is InChI=1S/C13H27NO/c1-10(9-15)14-12(3)11(2)13-7-5-4-6-8-13/h10-15H,4-9H2,1-3H3. The first kappa shape index (κ1) is 13.0. The van der Waals surface area contributed by atoms with E-state index in [2.05, 4.69) is 19.2 Å². The van der Waals surface area contributed by atoms with Crippen molar-refractivity contribution in [2.45, 2.75) is 65.0 Å². The van der Waals surface area contributed by atoms with Gasteiger partial charge in [-0.2, -0.15) is 0 Å². The summed E-state index contributed by atoms with van der Waals surface area (Å²) in [6.07, 6.45) is 7.06. The Hall–Kier alpha value is -0.0800. The summed E-state index contributed by atoms with van der Waals surface area (Å²) < 4.78 is 0. The molecule has 2 N–H and O–H groups in total. The van der Waals surface area contributed by atoms with E-state index in [9.17, 15) is 0 Å². The summed E-state index contributed by atoms with van der Waals surface area (Å²) in [5.41, 5.74) is 0. The first-order valence-corrected chi connectivity index (χ1v) is 6.52. The second kappa shape index (κ2) is 6.49. The van der Waals surface area contributed by atoms with Crippen molar-refractivity contribution < 1.29 is 5.11 Å². The fourth-order valence-electron chi connectivity index (χ4n) is 2.72. The molecule has 2 heteroatoms. The van der Waals surface area contributed by atoms with E-state index in [4.69, 9.17) is 5.11 Å². The monoisotopic (exact) mass is 213 g/mol. The zero-order valence-electron chi connectivity index (χ0n) is 10.5. The van der Waals surface area contributed by atoms with E-state index < -0.39 is 0 Å². The van der Waals surface area contributed by atoms with Crippen molar-refractivity contribution in [3.63, 3.8) is 0 Å². The van der Waals surface area contributed by atoms with E-state index in [0.717, 1.165) is 11.8 Å². The predicted octanol–water partition coefficient (Wildman–Crippen LogP) is 2.56. The van der Waals surface area contributed by atoms with Crippen molar-refractivity contribution in [2.75, 3.05) is 6.61 Å². The fourth-order valence-corrected chi connectivity index (χ4v) is 2.72. The van der Waals surface area contributed by atoms with E-state index in [-0.39, 0.29) is 12.6 Å². The molecule has 90 valence electrons. The Morgan fingerprint density at radius 2 is 1.73 bits per heavy atom. The molecule has 0 amide bonds. The lowest BCUT2D eigenvalue weighted by atomic mass is 9.78. The molecule has 2 nitrogen and oxygen atoms in total. The Balaban J connectivity index is 2.33. The molecule has 0 spiro atoms. The molecular weight excluding hydrogens is 186 g/mol. The maximum atomic E-state index is 9.01. The lowest BCUT2D eigenvalue weighted by molar-refractivity contribution is 0.187. The fraction of sp³-hybridized carbons (Fsp3) is 1.00. The quantitative estimate of drug-likeness (QED) is 0.735. The van der Waals surface area contributed by atoms with Crippen LogP contribution in [-0.2, 0) is 0 Å². The van der Waals surface area contributed by atoms with E-state index in [1.54, 1.807) is 0 Å². The Kier molecular flexibility index (Phi) is 5.62. The molecule has 0 saturated heterocycles. The topological polar surface area (TPSA) is 32.3 Å². The number of aliphatic hydroxyl groups excluding tert-OH is 1. The molecule has 1 aliphatic carbocycles. The van der Waals surface area contributed by atoms with Crippen molar-refractivity contribution in [3.8, 4) is 0 Å². The Morgan fingerprint density at radius 3 is 2.27 bits per heavy atom. The van der Waals surface area contributed by atoms with Crippen LogP contribution in [0.1, 0.15) is 52.9 Å². The minimum Gasteiger partial charge on any atom is -0.395 e. The van der Waals surface area contributed by atoms with Gasteiger partial charge in [-0.15, -0.1) is 0 Å². The molecule has 15 heavy (non-hydrogen) atoms. The molecule has 1 aliphatic rings.